The molecular weight excluding hydrogens is 376 g/mol. The standard InChI is InChI=1S/C24H32N4O2/c1-30-21-10-8-20(9-11-21)25-23-7-3-2-6-22(23)24(29)28-18-16-27(17-19-28)15-14-26-12-4-5-13-26/h2-3,6-11,25H,4-5,12-19H2,1H3. The number of methoxy groups -OCH3 is 1. The fraction of sp³-hybridized carbons (Fsp3) is 0.458. The highest BCUT2D eigenvalue weighted by Crippen LogP contribution is 2.24. The van der Waals surface area contributed by atoms with Gasteiger partial charge < -0.3 is 19.9 Å². The third-order valence-corrected chi connectivity index (χ3v) is 6.12. The lowest BCUT2D eigenvalue weighted by atomic mass is 10.1. The van der Waals surface area contributed by atoms with Gasteiger partial charge in [-0.15, -0.1) is 0 Å². The van der Waals surface area contributed by atoms with E-state index in [0.29, 0.717) is 0 Å². The molecule has 4 rings (SSSR count). The topological polar surface area (TPSA) is 48.1 Å². The molecule has 6 nitrogen and oxygen atoms in total. The molecule has 0 aromatic heterocycles. The fourth-order valence-electron chi connectivity index (χ4n) is 4.24. The number of carbonyl (C=O) groups is 1. The minimum absolute atomic E-state index is 0.103. The number of rotatable bonds is 7. The number of nitrogens with one attached hydrogen (secondary N) is 1. The van der Waals surface area contributed by atoms with Gasteiger partial charge in [-0.25, -0.2) is 0 Å². The molecule has 1 amide bonds. The Morgan fingerprint density at radius 2 is 1.50 bits per heavy atom. The quantitative estimate of drug-likeness (QED) is 0.762. The van der Waals surface area contributed by atoms with Crippen molar-refractivity contribution in [3.8, 4) is 5.75 Å². The Kier molecular flexibility index (Phi) is 6.87. The predicted molar refractivity (Wildman–Crippen MR) is 121 cm³/mol. The van der Waals surface area contributed by atoms with E-state index in [0.717, 1.165) is 62.0 Å². The number of benzene rings is 2. The number of hydrogen-bond donors (Lipinski definition) is 1. The second-order valence-corrected chi connectivity index (χ2v) is 8.08. The third kappa shape index (κ3) is 5.12. The number of likely N-dealkylation sites (tertiary alicyclic amines) is 1. The van der Waals surface area contributed by atoms with Crippen molar-refractivity contribution in [1.82, 2.24) is 14.7 Å². The molecule has 1 N–H and O–H groups in total. The molecular formula is C24H32N4O2. The summed E-state index contributed by atoms with van der Waals surface area (Å²) in [5.41, 5.74) is 2.49. The zero-order valence-electron chi connectivity index (χ0n) is 17.8. The molecule has 2 aliphatic rings. The molecule has 0 saturated carbocycles. The Bertz CT molecular complexity index is 825. The number of nitrogens with zero attached hydrogens (tertiary/aromatic N) is 3. The van der Waals surface area contributed by atoms with Crippen LogP contribution in [0.3, 0.4) is 0 Å². The van der Waals surface area contributed by atoms with Crippen LogP contribution in [0.15, 0.2) is 48.5 Å². The van der Waals surface area contributed by atoms with E-state index >= 15 is 0 Å². The molecule has 2 heterocycles. The van der Waals surface area contributed by atoms with Crippen molar-refractivity contribution >= 4 is 17.3 Å². The van der Waals surface area contributed by atoms with Crippen LogP contribution in [0, 0.1) is 0 Å². The van der Waals surface area contributed by atoms with Crippen LogP contribution in [0.2, 0.25) is 0 Å². The monoisotopic (exact) mass is 408 g/mol. The summed E-state index contributed by atoms with van der Waals surface area (Å²) in [6.45, 7) is 8.24. The third-order valence-electron chi connectivity index (χ3n) is 6.12. The van der Waals surface area contributed by atoms with Gasteiger partial charge in [-0.2, -0.15) is 0 Å². The number of para-hydroxylation sites is 1. The highest BCUT2D eigenvalue weighted by atomic mass is 16.5. The van der Waals surface area contributed by atoms with E-state index in [4.69, 9.17) is 4.74 Å². The first kappa shape index (κ1) is 20.7. The van der Waals surface area contributed by atoms with E-state index in [1.165, 1.54) is 25.9 Å². The Hall–Kier alpha value is -2.57. The molecule has 2 aromatic rings. The van der Waals surface area contributed by atoms with E-state index in [1.54, 1.807) is 7.11 Å². The summed E-state index contributed by atoms with van der Waals surface area (Å²) in [7, 11) is 1.66. The Balaban J connectivity index is 1.34. The van der Waals surface area contributed by atoms with Crippen LogP contribution in [-0.4, -0.2) is 80.1 Å². The van der Waals surface area contributed by atoms with Crippen LogP contribution in [0.5, 0.6) is 5.75 Å². The lowest BCUT2D eigenvalue weighted by Gasteiger charge is -2.35. The lowest BCUT2D eigenvalue weighted by Crippen LogP contribution is -2.50. The first-order chi connectivity index (χ1) is 14.7. The summed E-state index contributed by atoms with van der Waals surface area (Å²) in [5.74, 6) is 0.915. The molecule has 6 heteroatoms. The summed E-state index contributed by atoms with van der Waals surface area (Å²) in [5, 5.41) is 3.39. The number of piperazine rings is 1. The van der Waals surface area contributed by atoms with E-state index in [2.05, 4.69) is 15.1 Å². The van der Waals surface area contributed by atoms with Gasteiger partial charge >= 0.3 is 0 Å². The van der Waals surface area contributed by atoms with Crippen LogP contribution < -0.4 is 10.1 Å². The summed E-state index contributed by atoms with van der Waals surface area (Å²) in [6.07, 6.45) is 2.68. The smallest absolute Gasteiger partial charge is 0.256 e. The number of ether oxygens (including phenoxy) is 1. The molecule has 2 fully saturated rings. The van der Waals surface area contributed by atoms with Crippen LogP contribution in [-0.2, 0) is 0 Å². The van der Waals surface area contributed by atoms with Gasteiger partial charge in [0, 0.05) is 45.0 Å². The second kappa shape index (κ2) is 9.96. The Labute approximate surface area is 179 Å². The zero-order valence-corrected chi connectivity index (χ0v) is 17.8. The molecule has 0 radical (unpaired) electrons. The predicted octanol–water partition coefficient (Wildman–Crippen LogP) is 3.29. The maximum Gasteiger partial charge on any atom is 0.256 e. The van der Waals surface area contributed by atoms with Crippen LogP contribution in [0.1, 0.15) is 23.2 Å². The van der Waals surface area contributed by atoms with Crippen molar-refractivity contribution in [2.75, 3.05) is 64.8 Å². The van der Waals surface area contributed by atoms with E-state index in [1.807, 2.05) is 53.4 Å². The molecule has 2 saturated heterocycles. The highest BCUT2D eigenvalue weighted by Gasteiger charge is 2.24. The summed E-state index contributed by atoms with van der Waals surface area (Å²) < 4.78 is 5.22. The Morgan fingerprint density at radius 3 is 2.17 bits per heavy atom. The lowest BCUT2D eigenvalue weighted by molar-refractivity contribution is 0.0627. The average Bonchev–Trinajstić information content (AvgIpc) is 3.32. The summed E-state index contributed by atoms with van der Waals surface area (Å²) in [4.78, 5) is 20.3. The van der Waals surface area contributed by atoms with Crippen molar-refractivity contribution in [3.63, 3.8) is 0 Å². The molecule has 30 heavy (non-hydrogen) atoms. The highest BCUT2D eigenvalue weighted by molar-refractivity contribution is 6.00. The van der Waals surface area contributed by atoms with E-state index in [9.17, 15) is 4.79 Å². The minimum Gasteiger partial charge on any atom is -0.497 e. The van der Waals surface area contributed by atoms with Crippen molar-refractivity contribution in [1.29, 1.82) is 0 Å². The number of amides is 1. The first-order valence-electron chi connectivity index (χ1n) is 11.0. The van der Waals surface area contributed by atoms with E-state index in [-0.39, 0.29) is 5.91 Å². The van der Waals surface area contributed by atoms with Crippen LogP contribution in [0.4, 0.5) is 11.4 Å². The van der Waals surface area contributed by atoms with Gasteiger partial charge in [0.25, 0.3) is 5.91 Å². The maximum atomic E-state index is 13.2. The summed E-state index contributed by atoms with van der Waals surface area (Å²) in [6, 6.07) is 15.5. The normalized spacial score (nSPS) is 17.8. The molecule has 2 aliphatic heterocycles. The van der Waals surface area contributed by atoms with Gasteiger partial charge in [-0.1, -0.05) is 12.1 Å². The summed E-state index contributed by atoms with van der Waals surface area (Å²) >= 11 is 0. The maximum absolute atomic E-state index is 13.2. The molecule has 0 bridgehead atoms. The number of anilines is 2. The van der Waals surface area contributed by atoms with Crippen molar-refractivity contribution in [3.05, 3.63) is 54.1 Å². The SMILES string of the molecule is COc1ccc(Nc2ccccc2C(=O)N2CCN(CCN3CCCC3)CC2)cc1. The molecule has 0 atom stereocenters. The van der Waals surface area contributed by atoms with Gasteiger partial charge in [0.05, 0.1) is 18.4 Å². The van der Waals surface area contributed by atoms with Crippen molar-refractivity contribution in [2.45, 2.75) is 12.8 Å². The van der Waals surface area contributed by atoms with Gasteiger partial charge in [0.15, 0.2) is 0 Å². The zero-order chi connectivity index (χ0) is 20.8. The van der Waals surface area contributed by atoms with Gasteiger partial charge in [-0.05, 0) is 62.3 Å². The second-order valence-electron chi connectivity index (χ2n) is 8.08. The molecule has 0 aliphatic carbocycles. The first-order valence-corrected chi connectivity index (χ1v) is 11.0. The largest absolute Gasteiger partial charge is 0.497 e. The molecule has 0 spiro atoms. The number of carbonyl (C=O) groups excluding carboxylic acids is 1. The van der Waals surface area contributed by atoms with Gasteiger partial charge in [-0.3, -0.25) is 9.69 Å². The van der Waals surface area contributed by atoms with E-state index < -0.39 is 0 Å². The molecule has 160 valence electrons. The van der Waals surface area contributed by atoms with Gasteiger partial charge in [0.2, 0.25) is 0 Å². The minimum atomic E-state index is 0.103. The number of hydrogen-bond acceptors (Lipinski definition) is 5. The average molecular weight is 409 g/mol. The Morgan fingerprint density at radius 1 is 0.867 bits per heavy atom. The molecule has 0 unspecified atom stereocenters. The fourth-order valence-corrected chi connectivity index (χ4v) is 4.24. The van der Waals surface area contributed by atoms with Crippen molar-refractivity contribution < 1.29 is 9.53 Å². The van der Waals surface area contributed by atoms with Crippen LogP contribution >= 0.6 is 0 Å². The van der Waals surface area contributed by atoms with Crippen molar-refractivity contribution in [2.24, 2.45) is 0 Å². The van der Waals surface area contributed by atoms with Crippen LogP contribution in [0.25, 0.3) is 0 Å². The molecule has 2 aromatic carbocycles. The van der Waals surface area contributed by atoms with Gasteiger partial charge in [0.1, 0.15) is 5.75 Å².